The van der Waals surface area contributed by atoms with E-state index >= 15 is 0 Å². The van der Waals surface area contributed by atoms with E-state index in [0.29, 0.717) is 21.1 Å². The molecule has 2 aromatic heterocycles. The van der Waals surface area contributed by atoms with E-state index in [4.69, 9.17) is 9.26 Å². The lowest BCUT2D eigenvalue weighted by Gasteiger charge is -2.12. The van der Waals surface area contributed by atoms with Crippen molar-refractivity contribution in [1.29, 1.82) is 0 Å². The molecule has 0 atom stereocenters. The van der Waals surface area contributed by atoms with E-state index < -0.39 is 15.7 Å². The molecule has 0 fully saturated rings. The summed E-state index contributed by atoms with van der Waals surface area (Å²) in [7, 11) is -3.33. The van der Waals surface area contributed by atoms with E-state index in [2.05, 4.69) is 15.5 Å². The van der Waals surface area contributed by atoms with Crippen LogP contribution < -0.4 is 10.1 Å². The molecule has 4 aromatic rings. The molecule has 2 aromatic carbocycles. The molecule has 0 aliphatic heterocycles. The number of hydrogen-bond donors (Lipinski definition) is 1. The summed E-state index contributed by atoms with van der Waals surface area (Å²) in [5.74, 6) is 0.770. The zero-order valence-corrected chi connectivity index (χ0v) is 19.5. The van der Waals surface area contributed by atoms with Crippen molar-refractivity contribution in [3.05, 3.63) is 53.7 Å². The van der Waals surface area contributed by atoms with Crippen LogP contribution in [0.15, 0.2) is 51.9 Å². The van der Waals surface area contributed by atoms with Crippen LogP contribution in [0.2, 0.25) is 0 Å². The summed E-state index contributed by atoms with van der Waals surface area (Å²) in [5.41, 5.74) is 2.42. The Balaban J connectivity index is 1.52. The number of fused-ring (bicyclic) bond motifs is 1. The third-order valence-corrected chi connectivity index (χ3v) is 6.62. The average molecular weight is 472 g/mol. The highest BCUT2D eigenvalue weighted by Gasteiger charge is 2.17. The molecule has 0 bridgehead atoms. The van der Waals surface area contributed by atoms with Gasteiger partial charge in [0.15, 0.2) is 26.4 Å². The monoisotopic (exact) mass is 471 g/mol. The van der Waals surface area contributed by atoms with Gasteiger partial charge in [0.05, 0.1) is 21.2 Å². The normalized spacial score (nSPS) is 11.8. The number of carbonyl (C=O) groups excluding carboxylic acids is 1. The highest BCUT2D eigenvalue weighted by Crippen LogP contribution is 2.30. The molecular formula is C22H21N3O5S2. The Bertz CT molecular complexity index is 1420. The number of nitrogens with zero attached hydrogens (tertiary/aromatic N) is 2. The van der Waals surface area contributed by atoms with Crippen molar-refractivity contribution in [2.24, 2.45) is 0 Å². The highest BCUT2D eigenvalue weighted by atomic mass is 32.2. The minimum Gasteiger partial charge on any atom is -0.491 e. The number of hydrogen-bond acceptors (Lipinski definition) is 8. The number of aromatic nitrogens is 2. The van der Waals surface area contributed by atoms with Crippen molar-refractivity contribution in [1.82, 2.24) is 10.1 Å². The predicted octanol–water partition coefficient (Wildman–Crippen LogP) is 4.70. The Morgan fingerprint density at radius 3 is 2.62 bits per heavy atom. The first-order valence-corrected chi connectivity index (χ1v) is 12.5. The number of aryl methyl sites for hydroxylation is 1. The fourth-order valence-corrected chi connectivity index (χ4v) is 4.68. The van der Waals surface area contributed by atoms with E-state index in [1.807, 2.05) is 39.0 Å². The molecule has 0 unspecified atom stereocenters. The summed E-state index contributed by atoms with van der Waals surface area (Å²) < 4.78 is 35.2. The zero-order valence-electron chi connectivity index (χ0n) is 17.9. The van der Waals surface area contributed by atoms with Crippen LogP contribution in [0.4, 0.5) is 5.13 Å². The van der Waals surface area contributed by atoms with Gasteiger partial charge in [-0.05, 0) is 62.7 Å². The molecule has 0 radical (unpaired) electrons. The van der Waals surface area contributed by atoms with E-state index in [0.717, 1.165) is 23.1 Å². The number of ether oxygens (including phenoxy) is 1. The van der Waals surface area contributed by atoms with Crippen LogP contribution in [-0.4, -0.2) is 36.8 Å². The van der Waals surface area contributed by atoms with E-state index in [9.17, 15) is 13.2 Å². The minimum absolute atomic E-state index is 0.0700. The fraction of sp³-hybridized carbons (Fsp3) is 0.227. The molecule has 0 saturated carbocycles. The van der Waals surface area contributed by atoms with E-state index in [1.165, 1.54) is 17.4 Å². The van der Waals surface area contributed by atoms with Crippen LogP contribution in [0, 0.1) is 6.92 Å². The standard InChI is InChI=1S/C22H21N3O5S2/c1-12(2)29-18-8-5-14(9-13(18)3)19-11-17(25-30-19)21(26)24-22-23-16-7-6-15(32(4,27)28)10-20(16)31-22/h5-12H,1-4H3,(H,23,24,26). The Kier molecular flexibility index (Phi) is 5.74. The van der Waals surface area contributed by atoms with Crippen LogP contribution >= 0.6 is 11.3 Å². The maximum absolute atomic E-state index is 12.6. The van der Waals surface area contributed by atoms with Crippen LogP contribution in [0.5, 0.6) is 5.75 Å². The SMILES string of the molecule is Cc1cc(-c2cc(C(=O)Nc3nc4ccc(S(C)(=O)=O)cc4s3)no2)ccc1OC(C)C. The van der Waals surface area contributed by atoms with E-state index in [1.54, 1.807) is 18.2 Å². The lowest BCUT2D eigenvalue weighted by molar-refractivity contribution is 0.101. The highest BCUT2D eigenvalue weighted by molar-refractivity contribution is 7.90. The van der Waals surface area contributed by atoms with Gasteiger partial charge in [0.25, 0.3) is 5.91 Å². The van der Waals surface area contributed by atoms with Crippen molar-refractivity contribution in [2.45, 2.75) is 31.8 Å². The Morgan fingerprint density at radius 2 is 1.94 bits per heavy atom. The summed E-state index contributed by atoms with van der Waals surface area (Å²) in [6.07, 6.45) is 1.22. The molecule has 2 heterocycles. The first-order chi connectivity index (χ1) is 15.1. The molecule has 0 aliphatic carbocycles. The summed E-state index contributed by atoms with van der Waals surface area (Å²) >= 11 is 1.18. The number of thiazole rings is 1. The van der Waals surface area contributed by atoms with Gasteiger partial charge in [-0.2, -0.15) is 0 Å². The smallest absolute Gasteiger partial charge is 0.279 e. The van der Waals surface area contributed by atoms with Gasteiger partial charge in [0, 0.05) is 17.9 Å². The first kappa shape index (κ1) is 22.0. The van der Waals surface area contributed by atoms with Crippen molar-refractivity contribution in [2.75, 3.05) is 11.6 Å². The Hall–Kier alpha value is -3.24. The minimum atomic E-state index is -3.33. The lowest BCUT2D eigenvalue weighted by Crippen LogP contribution is -2.11. The Labute approximate surface area is 189 Å². The van der Waals surface area contributed by atoms with Gasteiger partial charge in [-0.1, -0.05) is 16.5 Å². The molecule has 0 aliphatic rings. The van der Waals surface area contributed by atoms with Gasteiger partial charge in [-0.3, -0.25) is 10.1 Å². The van der Waals surface area contributed by atoms with Crippen molar-refractivity contribution < 1.29 is 22.5 Å². The number of anilines is 1. The second-order valence-corrected chi connectivity index (χ2v) is 10.6. The molecule has 8 nitrogen and oxygen atoms in total. The molecule has 4 rings (SSSR count). The Morgan fingerprint density at radius 1 is 1.16 bits per heavy atom. The summed E-state index contributed by atoms with van der Waals surface area (Å²) in [5, 5.41) is 6.90. The number of rotatable bonds is 6. The topological polar surface area (TPSA) is 111 Å². The molecule has 32 heavy (non-hydrogen) atoms. The van der Waals surface area contributed by atoms with Crippen molar-refractivity contribution in [3.8, 4) is 17.1 Å². The molecule has 1 N–H and O–H groups in total. The molecule has 166 valence electrons. The van der Waals surface area contributed by atoms with Crippen LogP contribution in [0.25, 0.3) is 21.5 Å². The van der Waals surface area contributed by atoms with Gasteiger partial charge in [-0.25, -0.2) is 13.4 Å². The van der Waals surface area contributed by atoms with Crippen LogP contribution in [0.1, 0.15) is 29.9 Å². The first-order valence-electron chi connectivity index (χ1n) is 9.76. The predicted molar refractivity (Wildman–Crippen MR) is 123 cm³/mol. The number of carbonyl (C=O) groups is 1. The van der Waals surface area contributed by atoms with Crippen LogP contribution in [0.3, 0.4) is 0 Å². The number of sulfone groups is 1. The quantitative estimate of drug-likeness (QED) is 0.434. The maximum Gasteiger partial charge on any atom is 0.279 e. The lowest BCUT2D eigenvalue weighted by atomic mass is 10.1. The fourth-order valence-electron chi connectivity index (χ4n) is 3.06. The molecule has 10 heteroatoms. The summed E-state index contributed by atoms with van der Waals surface area (Å²) in [4.78, 5) is 17.2. The molecule has 0 saturated heterocycles. The van der Waals surface area contributed by atoms with Gasteiger partial charge in [0.1, 0.15) is 5.75 Å². The second kappa shape index (κ2) is 8.36. The second-order valence-electron chi connectivity index (χ2n) is 7.60. The zero-order chi connectivity index (χ0) is 23.0. The van der Waals surface area contributed by atoms with Gasteiger partial charge in [-0.15, -0.1) is 0 Å². The largest absolute Gasteiger partial charge is 0.491 e. The average Bonchev–Trinajstić information content (AvgIpc) is 3.34. The van der Waals surface area contributed by atoms with Crippen LogP contribution in [-0.2, 0) is 9.84 Å². The molecule has 0 spiro atoms. The number of benzene rings is 2. The molecular weight excluding hydrogens is 450 g/mol. The maximum atomic E-state index is 12.6. The van der Waals surface area contributed by atoms with Crippen molar-refractivity contribution >= 4 is 42.4 Å². The third-order valence-electron chi connectivity index (χ3n) is 4.57. The number of amides is 1. The summed E-state index contributed by atoms with van der Waals surface area (Å²) in [6.45, 7) is 5.86. The van der Waals surface area contributed by atoms with E-state index in [-0.39, 0.29) is 16.7 Å². The third kappa shape index (κ3) is 4.66. The van der Waals surface area contributed by atoms with Gasteiger partial charge < -0.3 is 9.26 Å². The van der Waals surface area contributed by atoms with Crippen molar-refractivity contribution in [3.63, 3.8) is 0 Å². The molecule has 1 amide bonds. The number of nitrogens with one attached hydrogen (secondary N) is 1. The van der Waals surface area contributed by atoms with Gasteiger partial charge in [0.2, 0.25) is 0 Å². The van der Waals surface area contributed by atoms with Gasteiger partial charge >= 0.3 is 0 Å². The summed E-state index contributed by atoms with van der Waals surface area (Å²) in [6, 6.07) is 11.8.